The van der Waals surface area contributed by atoms with Crippen molar-refractivity contribution in [3.05, 3.63) is 89.5 Å². The van der Waals surface area contributed by atoms with E-state index in [1.807, 2.05) is 24.3 Å². The third-order valence-electron chi connectivity index (χ3n) is 6.12. The van der Waals surface area contributed by atoms with Crippen LogP contribution in [0.4, 0.5) is 24.5 Å². The normalized spacial score (nSPS) is 16.3. The van der Waals surface area contributed by atoms with Crippen molar-refractivity contribution in [1.82, 2.24) is 0 Å². The average Bonchev–Trinajstić information content (AvgIpc) is 3.32. The van der Waals surface area contributed by atoms with E-state index in [-0.39, 0.29) is 17.5 Å². The number of amides is 1. The molecule has 1 saturated heterocycles. The summed E-state index contributed by atoms with van der Waals surface area (Å²) in [4.78, 5) is 22.5. The van der Waals surface area contributed by atoms with Crippen molar-refractivity contribution < 1.29 is 22.7 Å². The lowest BCUT2D eigenvalue weighted by Crippen LogP contribution is -2.30. The number of alkyl halides is 3. The summed E-state index contributed by atoms with van der Waals surface area (Å²) in [6.45, 7) is 4.25. The third kappa shape index (κ3) is 8.04. The number of carbonyl (C=O) groups excluding carboxylic acids is 1. The van der Waals surface area contributed by atoms with Crippen molar-refractivity contribution in [2.45, 2.75) is 32.5 Å². The van der Waals surface area contributed by atoms with Gasteiger partial charge in [-0.3, -0.25) is 9.69 Å². The van der Waals surface area contributed by atoms with Crippen LogP contribution in [0.2, 0.25) is 0 Å². The molecule has 2 N–H and O–H groups in total. The lowest BCUT2D eigenvalue weighted by Gasteiger charge is -2.22. The Kier molecular flexibility index (Phi) is 9.56. The first-order valence-electron chi connectivity index (χ1n) is 12.6. The van der Waals surface area contributed by atoms with Crippen LogP contribution in [-0.2, 0) is 4.79 Å². The summed E-state index contributed by atoms with van der Waals surface area (Å²) in [6.07, 6.45) is -1.01. The molecule has 1 fully saturated rings. The standard InChI is InChI=1S/C29H27F3N6O2S/c1-3-19(2)24-6-4-5-7-25(24)38-26(39)17-41-28(38)37-36-16-20-8-10-21(11-9-20)27(33)35-18-34-22-12-14-23(15-13-22)40-29(30,31)32/h4-16,18-19H,3,17H2,1-2H3,(H2,33,34,35)/b36-16+,37-28-. The van der Waals surface area contributed by atoms with E-state index in [0.29, 0.717) is 28.1 Å². The van der Waals surface area contributed by atoms with E-state index in [2.05, 4.69) is 38.8 Å². The molecule has 8 nitrogen and oxygen atoms in total. The predicted molar refractivity (Wildman–Crippen MR) is 159 cm³/mol. The molecule has 0 saturated carbocycles. The molecule has 3 aromatic carbocycles. The number of thioether (sulfide) groups is 1. The Bertz CT molecular complexity index is 1490. The molecule has 0 spiro atoms. The Labute approximate surface area is 239 Å². The minimum absolute atomic E-state index is 0.0326. The molecule has 0 bridgehead atoms. The molecule has 3 aromatic rings. The highest BCUT2D eigenvalue weighted by Gasteiger charge is 2.32. The van der Waals surface area contributed by atoms with Gasteiger partial charge in [-0.25, -0.2) is 9.98 Å². The highest BCUT2D eigenvalue weighted by Crippen LogP contribution is 2.34. The number of hydrogen-bond acceptors (Lipinski definition) is 6. The zero-order chi connectivity index (χ0) is 29.4. The van der Waals surface area contributed by atoms with Crippen molar-refractivity contribution in [1.29, 1.82) is 0 Å². The van der Waals surface area contributed by atoms with Crippen LogP contribution in [0.5, 0.6) is 5.75 Å². The lowest BCUT2D eigenvalue weighted by molar-refractivity contribution is -0.274. The Morgan fingerprint density at radius 3 is 2.49 bits per heavy atom. The molecule has 1 aliphatic rings. The van der Waals surface area contributed by atoms with Gasteiger partial charge in [-0.1, -0.05) is 68.1 Å². The van der Waals surface area contributed by atoms with Gasteiger partial charge in [-0.2, -0.15) is 5.10 Å². The van der Waals surface area contributed by atoms with Crippen LogP contribution in [-0.4, -0.2) is 41.6 Å². The Hall–Kier alpha value is -4.45. The summed E-state index contributed by atoms with van der Waals surface area (Å²) < 4.78 is 40.6. The number of halogens is 3. The number of rotatable bonds is 9. The van der Waals surface area contributed by atoms with Crippen LogP contribution in [0.25, 0.3) is 0 Å². The Balaban J connectivity index is 1.40. The summed E-state index contributed by atoms with van der Waals surface area (Å²) in [7, 11) is 0. The molecule has 12 heteroatoms. The van der Waals surface area contributed by atoms with Crippen molar-refractivity contribution in [2.75, 3.05) is 10.7 Å². The molecular weight excluding hydrogens is 553 g/mol. The largest absolute Gasteiger partial charge is 0.573 e. The van der Waals surface area contributed by atoms with Crippen LogP contribution in [0.1, 0.15) is 42.9 Å². The lowest BCUT2D eigenvalue weighted by atomic mass is 9.96. The highest BCUT2D eigenvalue weighted by molar-refractivity contribution is 8.15. The van der Waals surface area contributed by atoms with E-state index >= 15 is 0 Å². The van der Waals surface area contributed by atoms with Crippen LogP contribution in [0.15, 0.2) is 93.0 Å². The van der Waals surface area contributed by atoms with Crippen molar-refractivity contribution in [3.8, 4) is 5.75 Å². The second kappa shape index (κ2) is 13.3. The summed E-state index contributed by atoms with van der Waals surface area (Å²) >= 11 is 1.35. The first-order valence-corrected chi connectivity index (χ1v) is 13.6. The number of carbonyl (C=O) groups is 1. The van der Waals surface area contributed by atoms with Crippen LogP contribution in [0.3, 0.4) is 0 Å². The monoisotopic (exact) mass is 580 g/mol. The molecular formula is C29H27F3N6O2S. The van der Waals surface area contributed by atoms with Gasteiger partial charge in [-0.05, 0) is 53.8 Å². The third-order valence-corrected chi connectivity index (χ3v) is 7.03. The van der Waals surface area contributed by atoms with Gasteiger partial charge >= 0.3 is 6.36 Å². The first-order chi connectivity index (χ1) is 19.6. The fraction of sp³-hybridized carbons (Fsp3) is 0.207. The maximum absolute atomic E-state index is 12.7. The van der Waals surface area contributed by atoms with Gasteiger partial charge in [0.05, 0.1) is 23.3 Å². The molecule has 0 aromatic heterocycles. The molecule has 41 heavy (non-hydrogen) atoms. The van der Waals surface area contributed by atoms with E-state index in [1.165, 1.54) is 30.2 Å². The van der Waals surface area contributed by atoms with Gasteiger partial charge in [0, 0.05) is 5.56 Å². The molecule has 1 heterocycles. The molecule has 1 amide bonds. The summed E-state index contributed by atoms with van der Waals surface area (Å²) in [5.41, 5.74) is 9.74. The second-order valence-electron chi connectivity index (χ2n) is 8.94. The number of aliphatic imine (C=N–C) groups is 2. The van der Waals surface area contributed by atoms with E-state index < -0.39 is 6.36 Å². The molecule has 1 unspecified atom stereocenters. The van der Waals surface area contributed by atoms with E-state index in [4.69, 9.17) is 5.73 Å². The zero-order valence-electron chi connectivity index (χ0n) is 22.2. The average molecular weight is 581 g/mol. The SMILES string of the molecule is CCC(C)c1ccccc1N1C(=O)CS/C1=N\N=C\c1ccc(C(N)=NC=Nc2ccc(OC(F)(F)F)cc2)cc1. The zero-order valence-corrected chi connectivity index (χ0v) is 23.1. The number of nitrogens with two attached hydrogens (primary N) is 1. The first kappa shape index (κ1) is 29.5. The number of amidine groups is 2. The van der Waals surface area contributed by atoms with Gasteiger partial charge in [0.1, 0.15) is 17.9 Å². The Morgan fingerprint density at radius 2 is 1.80 bits per heavy atom. The van der Waals surface area contributed by atoms with Gasteiger partial charge in [-0.15, -0.1) is 18.3 Å². The quantitative estimate of drug-likeness (QED) is 0.174. The number of para-hydroxylation sites is 1. The Morgan fingerprint density at radius 1 is 1.10 bits per heavy atom. The number of hydrogen-bond donors (Lipinski definition) is 1. The number of benzene rings is 3. The molecule has 4 rings (SSSR count). The van der Waals surface area contributed by atoms with E-state index in [0.717, 1.165) is 35.4 Å². The number of anilines is 1. The van der Waals surface area contributed by atoms with Crippen LogP contribution >= 0.6 is 11.8 Å². The van der Waals surface area contributed by atoms with E-state index in [9.17, 15) is 18.0 Å². The maximum atomic E-state index is 12.7. The fourth-order valence-corrected chi connectivity index (χ4v) is 4.67. The van der Waals surface area contributed by atoms with Crippen LogP contribution < -0.4 is 15.4 Å². The predicted octanol–water partition coefficient (Wildman–Crippen LogP) is 6.63. The topological polar surface area (TPSA) is 105 Å². The fourth-order valence-electron chi connectivity index (χ4n) is 3.85. The van der Waals surface area contributed by atoms with Gasteiger partial charge < -0.3 is 10.5 Å². The molecule has 1 aliphatic heterocycles. The summed E-state index contributed by atoms with van der Waals surface area (Å²) in [5.74, 6) is 0.427. The van der Waals surface area contributed by atoms with E-state index in [1.54, 1.807) is 35.4 Å². The minimum atomic E-state index is -4.75. The van der Waals surface area contributed by atoms with Crippen molar-refractivity contribution in [2.24, 2.45) is 25.9 Å². The second-order valence-corrected chi connectivity index (χ2v) is 9.88. The summed E-state index contributed by atoms with van der Waals surface area (Å²) in [5, 5.41) is 9.06. The molecule has 1 atom stereocenters. The van der Waals surface area contributed by atoms with Crippen molar-refractivity contribution in [3.63, 3.8) is 0 Å². The van der Waals surface area contributed by atoms with Gasteiger partial charge in [0.25, 0.3) is 0 Å². The highest BCUT2D eigenvalue weighted by atomic mass is 32.2. The molecule has 212 valence electrons. The van der Waals surface area contributed by atoms with Gasteiger partial charge in [0.15, 0.2) is 5.17 Å². The smallest absolute Gasteiger partial charge is 0.406 e. The molecule has 0 aliphatic carbocycles. The number of nitrogens with zero attached hydrogens (tertiary/aromatic N) is 5. The van der Waals surface area contributed by atoms with Crippen LogP contribution in [0, 0.1) is 0 Å². The minimum Gasteiger partial charge on any atom is -0.406 e. The number of ether oxygens (including phenoxy) is 1. The molecule has 0 radical (unpaired) electrons. The van der Waals surface area contributed by atoms with Crippen molar-refractivity contribution >= 4 is 52.6 Å². The summed E-state index contributed by atoms with van der Waals surface area (Å²) in [6, 6.07) is 20.0. The maximum Gasteiger partial charge on any atom is 0.573 e. The van der Waals surface area contributed by atoms with Gasteiger partial charge in [0.2, 0.25) is 5.91 Å².